The van der Waals surface area contributed by atoms with Gasteiger partial charge in [0.2, 0.25) is 0 Å². The average molecular weight is 564 g/mol. The van der Waals surface area contributed by atoms with E-state index in [0.717, 1.165) is 66.7 Å². The second-order valence-electron chi connectivity index (χ2n) is 11.0. The molecule has 3 heterocycles. The van der Waals surface area contributed by atoms with Crippen LogP contribution in [0.4, 0.5) is 0 Å². The fraction of sp³-hybridized carbons (Fsp3) is 0. The van der Waals surface area contributed by atoms with E-state index in [1.165, 1.54) is 10.8 Å². The van der Waals surface area contributed by atoms with E-state index in [4.69, 9.17) is 14.4 Å². The predicted molar refractivity (Wildman–Crippen MR) is 180 cm³/mol. The number of furan rings is 1. The second kappa shape index (κ2) is 9.79. The summed E-state index contributed by atoms with van der Waals surface area (Å²) >= 11 is 0. The normalized spacial score (nSPS) is 11.6. The van der Waals surface area contributed by atoms with Crippen molar-refractivity contribution in [2.75, 3.05) is 0 Å². The third kappa shape index (κ3) is 3.78. The largest absolute Gasteiger partial charge is 0.455 e. The van der Waals surface area contributed by atoms with E-state index in [1.807, 2.05) is 36.4 Å². The smallest absolute Gasteiger partial charge is 0.164 e. The van der Waals surface area contributed by atoms with Gasteiger partial charge in [-0.25, -0.2) is 9.97 Å². The molecule has 9 aromatic rings. The summed E-state index contributed by atoms with van der Waals surface area (Å²) in [4.78, 5) is 10.4. The molecule has 0 aliphatic heterocycles. The Balaban J connectivity index is 1.37. The van der Waals surface area contributed by atoms with E-state index < -0.39 is 0 Å². The third-order valence-corrected chi connectivity index (χ3v) is 8.43. The predicted octanol–water partition coefficient (Wildman–Crippen LogP) is 10.5. The van der Waals surface area contributed by atoms with Gasteiger partial charge in [0.05, 0.1) is 28.0 Å². The molecule has 0 radical (unpaired) electrons. The lowest BCUT2D eigenvalue weighted by atomic mass is 10.0. The number of rotatable bonds is 4. The topological polar surface area (TPSA) is 43.9 Å². The monoisotopic (exact) mass is 563 g/mol. The summed E-state index contributed by atoms with van der Waals surface area (Å²) in [5.41, 5.74) is 9.68. The highest BCUT2D eigenvalue weighted by molar-refractivity contribution is 6.14. The highest BCUT2D eigenvalue weighted by Crippen LogP contribution is 2.40. The summed E-state index contributed by atoms with van der Waals surface area (Å²) in [6, 6.07) is 52.4. The van der Waals surface area contributed by atoms with Crippen LogP contribution in [0.15, 0.2) is 156 Å². The second-order valence-corrected chi connectivity index (χ2v) is 11.0. The molecule has 0 atom stereocenters. The Morgan fingerprint density at radius 2 is 1.11 bits per heavy atom. The first kappa shape index (κ1) is 24.6. The van der Waals surface area contributed by atoms with E-state index >= 15 is 0 Å². The van der Waals surface area contributed by atoms with Crippen molar-refractivity contribution in [2.45, 2.75) is 0 Å². The molecule has 0 aliphatic rings. The lowest BCUT2D eigenvalue weighted by Gasteiger charge is -2.13. The van der Waals surface area contributed by atoms with Gasteiger partial charge in [0.25, 0.3) is 0 Å². The van der Waals surface area contributed by atoms with Gasteiger partial charge in [0.1, 0.15) is 11.2 Å². The standard InChI is InChI=1S/C40H25N3O/c1-3-13-26(14-4-1)34-25-35(42-40(41-34)33-22-12-20-31-29-18-8-10-24-37(29)44-39(31)33)32-21-11-19-30-28-17-7-9-23-36(28)43(38(30)32)27-15-5-2-6-16-27/h1-25H. The molecule has 4 nitrogen and oxygen atoms in total. The maximum atomic E-state index is 6.43. The number of aromatic nitrogens is 3. The van der Waals surface area contributed by atoms with Crippen molar-refractivity contribution in [1.82, 2.24) is 14.5 Å². The molecule has 0 bridgehead atoms. The van der Waals surface area contributed by atoms with Crippen molar-refractivity contribution in [2.24, 2.45) is 0 Å². The summed E-state index contributed by atoms with van der Waals surface area (Å²) < 4.78 is 8.78. The zero-order chi connectivity index (χ0) is 29.0. The molecule has 0 saturated heterocycles. The molecule has 0 saturated carbocycles. The van der Waals surface area contributed by atoms with Crippen LogP contribution >= 0.6 is 0 Å². The molecule has 0 unspecified atom stereocenters. The van der Waals surface area contributed by atoms with Crippen LogP contribution in [0.5, 0.6) is 0 Å². The van der Waals surface area contributed by atoms with Gasteiger partial charge in [-0.1, -0.05) is 115 Å². The molecule has 3 aromatic heterocycles. The Labute approximate surface area is 253 Å². The average Bonchev–Trinajstić information content (AvgIpc) is 3.65. The number of fused-ring (bicyclic) bond motifs is 6. The number of nitrogens with zero attached hydrogens (tertiary/aromatic N) is 3. The Kier molecular flexibility index (Phi) is 5.47. The summed E-state index contributed by atoms with van der Waals surface area (Å²) in [6.07, 6.45) is 0. The van der Waals surface area contributed by atoms with Crippen molar-refractivity contribution in [1.29, 1.82) is 0 Å². The van der Waals surface area contributed by atoms with E-state index in [0.29, 0.717) is 5.82 Å². The molecule has 0 spiro atoms. The van der Waals surface area contributed by atoms with Gasteiger partial charge in [0, 0.05) is 38.4 Å². The minimum Gasteiger partial charge on any atom is -0.455 e. The van der Waals surface area contributed by atoms with Crippen molar-refractivity contribution in [3.8, 4) is 39.6 Å². The number of hydrogen-bond donors (Lipinski definition) is 0. The Morgan fingerprint density at radius 1 is 0.477 bits per heavy atom. The molecular weight excluding hydrogens is 538 g/mol. The molecule has 206 valence electrons. The van der Waals surface area contributed by atoms with Gasteiger partial charge in [0.15, 0.2) is 5.82 Å². The first-order valence-electron chi connectivity index (χ1n) is 14.8. The maximum absolute atomic E-state index is 6.43. The highest BCUT2D eigenvalue weighted by atomic mass is 16.3. The zero-order valence-electron chi connectivity index (χ0n) is 23.7. The Hall–Kier alpha value is -6.00. The van der Waals surface area contributed by atoms with Crippen LogP contribution in [0.1, 0.15) is 0 Å². The first-order chi connectivity index (χ1) is 21.8. The van der Waals surface area contributed by atoms with E-state index in [2.05, 4.69) is 120 Å². The van der Waals surface area contributed by atoms with E-state index in [-0.39, 0.29) is 0 Å². The van der Waals surface area contributed by atoms with E-state index in [1.54, 1.807) is 0 Å². The Morgan fingerprint density at radius 3 is 1.95 bits per heavy atom. The van der Waals surface area contributed by atoms with Crippen LogP contribution in [0.2, 0.25) is 0 Å². The van der Waals surface area contributed by atoms with Gasteiger partial charge in [-0.05, 0) is 36.4 Å². The van der Waals surface area contributed by atoms with Crippen LogP contribution in [0.3, 0.4) is 0 Å². The lowest BCUT2D eigenvalue weighted by Crippen LogP contribution is -1.99. The molecular formula is C40H25N3O. The van der Waals surface area contributed by atoms with Gasteiger partial charge in [-0.3, -0.25) is 0 Å². The summed E-state index contributed by atoms with van der Waals surface area (Å²) in [6.45, 7) is 0. The fourth-order valence-electron chi connectivity index (χ4n) is 6.46. The molecule has 4 heteroatoms. The third-order valence-electron chi connectivity index (χ3n) is 8.43. The van der Waals surface area contributed by atoms with Crippen LogP contribution in [-0.4, -0.2) is 14.5 Å². The van der Waals surface area contributed by atoms with Gasteiger partial charge < -0.3 is 8.98 Å². The van der Waals surface area contributed by atoms with Crippen molar-refractivity contribution in [3.05, 3.63) is 152 Å². The molecule has 44 heavy (non-hydrogen) atoms. The van der Waals surface area contributed by atoms with Crippen LogP contribution in [0, 0.1) is 0 Å². The molecule has 6 aromatic carbocycles. The van der Waals surface area contributed by atoms with Crippen LogP contribution in [-0.2, 0) is 0 Å². The van der Waals surface area contributed by atoms with Gasteiger partial charge >= 0.3 is 0 Å². The lowest BCUT2D eigenvalue weighted by molar-refractivity contribution is 0.669. The van der Waals surface area contributed by atoms with Gasteiger partial charge in [-0.15, -0.1) is 0 Å². The fourth-order valence-corrected chi connectivity index (χ4v) is 6.46. The number of benzene rings is 6. The highest BCUT2D eigenvalue weighted by Gasteiger charge is 2.20. The number of hydrogen-bond acceptors (Lipinski definition) is 3. The van der Waals surface area contributed by atoms with Gasteiger partial charge in [-0.2, -0.15) is 0 Å². The Bertz CT molecular complexity index is 2490. The number of para-hydroxylation sites is 5. The molecule has 0 aliphatic carbocycles. The van der Waals surface area contributed by atoms with Crippen molar-refractivity contribution < 1.29 is 4.42 Å². The van der Waals surface area contributed by atoms with E-state index in [9.17, 15) is 0 Å². The van der Waals surface area contributed by atoms with Crippen LogP contribution < -0.4 is 0 Å². The molecule has 9 rings (SSSR count). The zero-order valence-corrected chi connectivity index (χ0v) is 23.7. The molecule has 0 amide bonds. The quantitative estimate of drug-likeness (QED) is 0.214. The summed E-state index contributed by atoms with van der Waals surface area (Å²) in [5, 5.41) is 4.53. The van der Waals surface area contributed by atoms with Crippen molar-refractivity contribution >= 4 is 43.7 Å². The first-order valence-corrected chi connectivity index (χ1v) is 14.8. The summed E-state index contributed by atoms with van der Waals surface area (Å²) in [5.74, 6) is 0.630. The SMILES string of the molecule is c1ccc(-c2cc(-c3cccc4c5ccccc5n(-c5ccccc5)c34)nc(-c3cccc4c3oc3ccccc34)n2)cc1. The minimum atomic E-state index is 0.630. The minimum absolute atomic E-state index is 0.630. The molecule has 0 fully saturated rings. The van der Waals surface area contributed by atoms with Crippen molar-refractivity contribution in [3.63, 3.8) is 0 Å². The maximum Gasteiger partial charge on any atom is 0.164 e. The molecule has 0 N–H and O–H groups in total. The van der Waals surface area contributed by atoms with Crippen LogP contribution in [0.25, 0.3) is 83.3 Å². The summed E-state index contributed by atoms with van der Waals surface area (Å²) in [7, 11) is 0.